The molecule has 0 spiro atoms. The quantitative estimate of drug-likeness (QED) is 0.806. The highest BCUT2D eigenvalue weighted by Crippen LogP contribution is 2.26. The van der Waals surface area contributed by atoms with Crippen molar-refractivity contribution < 1.29 is 4.42 Å². The minimum Gasteiger partial charge on any atom is -0.423 e. The van der Waals surface area contributed by atoms with Gasteiger partial charge in [-0.05, 0) is 25.0 Å². The highest BCUT2D eigenvalue weighted by Gasteiger charge is 2.16. The molecule has 0 bridgehead atoms. The number of rotatable bonds is 6. The first kappa shape index (κ1) is 13.7. The molecule has 0 unspecified atom stereocenters. The average Bonchev–Trinajstić information content (AvgIpc) is 2.85. The molecule has 0 fully saturated rings. The second-order valence-corrected chi connectivity index (χ2v) is 4.91. The van der Waals surface area contributed by atoms with E-state index in [-0.39, 0.29) is 0 Å². The van der Waals surface area contributed by atoms with Gasteiger partial charge in [0.1, 0.15) is 5.52 Å². The first-order chi connectivity index (χ1) is 9.19. The van der Waals surface area contributed by atoms with Gasteiger partial charge in [-0.2, -0.15) is 4.98 Å². The van der Waals surface area contributed by atoms with Crippen LogP contribution < -0.4 is 10.6 Å². The Hall–Kier alpha value is -1.71. The topological polar surface area (TPSA) is 55.3 Å². The van der Waals surface area contributed by atoms with E-state index in [1.165, 1.54) is 12.8 Å². The lowest BCUT2D eigenvalue weighted by molar-refractivity contribution is 0.463. The molecular formula is C15H23N3O. The van der Waals surface area contributed by atoms with E-state index in [9.17, 15) is 0 Å². The Labute approximate surface area is 114 Å². The Bertz CT molecular complexity index is 531. The molecule has 0 atom stereocenters. The molecule has 0 saturated carbocycles. The number of anilines is 2. The van der Waals surface area contributed by atoms with Crippen LogP contribution in [0.2, 0.25) is 0 Å². The zero-order chi connectivity index (χ0) is 13.8. The van der Waals surface area contributed by atoms with Gasteiger partial charge in [-0.25, -0.2) is 0 Å². The average molecular weight is 261 g/mol. The number of nitrogens with two attached hydrogens (primary N) is 1. The van der Waals surface area contributed by atoms with E-state index in [4.69, 9.17) is 10.2 Å². The van der Waals surface area contributed by atoms with Crippen LogP contribution in [-0.2, 0) is 0 Å². The minimum absolute atomic E-state index is 0.672. The monoisotopic (exact) mass is 261 g/mol. The molecule has 0 aliphatic carbocycles. The number of nitrogens with zero attached hydrogens (tertiary/aromatic N) is 2. The molecular weight excluding hydrogens is 238 g/mol. The largest absolute Gasteiger partial charge is 0.423 e. The molecule has 2 N–H and O–H groups in total. The Morgan fingerprint density at radius 2 is 2.00 bits per heavy atom. The first-order valence-electron chi connectivity index (χ1n) is 7.09. The molecule has 1 aromatic heterocycles. The molecule has 19 heavy (non-hydrogen) atoms. The van der Waals surface area contributed by atoms with E-state index in [1.54, 1.807) is 0 Å². The summed E-state index contributed by atoms with van der Waals surface area (Å²) in [6.07, 6.45) is 2.35. The van der Waals surface area contributed by atoms with Gasteiger partial charge in [-0.15, -0.1) is 0 Å². The Balaban J connectivity index is 2.28. The summed E-state index contributed by atoms with van der Waals surface area (Å²) in [6.45, 7) is 8.46. The molecule has 1 aromatic carbocycles. The van der Waals surface area contributed by atoms with Gasteiger partial charge in [0.25, 0.3) is 6.01 Å². The zero-order valence-electron chi connectivity index (χ0n) is 12.0. The van der Waals surface area contributed by atoms with Crippen molar-refractivity contribution in [1.29, 1.82) is 0 Å². The molecule has 2 rings (SSSR count). The maximum Gasteiger partial charge on any atom is 0.298 e. The van der Waals surface area contributed by atoms with Crippen LogP contribution in [0, 0.1) is 5.92 Å². The molecule has 0 saturated heterocycles. The fraction of sp³-hybridized carbons (Fsp3) is 0.533. The van der Waals surface area contributed by atoms with E-state index in [1.807, 2.05) is 18.2 Å². The second kappa shape index (κ2) is 5.95. The number of fused-ring (bicyclic) bond motifs is 1. The first-order valence-corrected chi connectivity index (χ1v) is 7.09. The lowest BCUT2D eigenvalue weighted by atomic mass is 10.0. The van der Waals surface area contributed by atoms with Crippen LogP contribution in [0.25, 0.3) is 11.1 Å². The summed E-state index contributed by atoms with van der Waals surface area (Å²) in [5.41, 5.74) is 8.12. The molecule has 0 radical (unpaired) electrons. The molecule has 1 heterocycles. The van der Waals surface area contributed by atoms with Crippen LogP contribution in [0.3, 0.4) is 0 Å². The van der Waals surface area contributed by atoms with E-state index in [2.05, 4.69) is 30.7 Å². The van der Waals surface area contributed by atoms with Gasteiger partial charge in [0.05, 0.1) is 5.69 Å². The lowest BCUT2D eigenvalue weighted by Gasteiger charge is -2.23. The van der Waals surface area contributed by atoms with Crippen molar-refractivity contribution in [3.05, 3.63) is 18.2 Å². The summed E-state index contributed by atoms with van der Waals surface area (Å²) in [5, 5.41) is 0. The number of hydrogen-bond donors (Lipinski definition) is 1. The number of para-hydroxylation sites is 1. The summed E-state index contributed by atoms with van der Waals surface area (Å²) in [7, 11) is 0. The van der Waals surface area contributed by atoms with Crippen molar-refractivity contribution in [2.75, 3.05) is 23.7 Å². The highest BCUT2D eigenvalue weighted by molar-refractivity contribution is 5.86. The third kappa shape index (κ3) is 2.83. The van der Waals surface area contributed by atoms with Gasteiger partial charge < -0.3 is 15.1 Å². The smallest absolute Gasteiger partial charge is 0.298 e. The zero-order valence-corrected chi connectivity index (χ0v) is 12.0. The summed E-state index contributed by atoms with van der Waals surface area (Å²) in [5.74, 6) is 0.673. The molecule has 4 heteroatoms. The van der Waals surface area contributed by atoms with Crippen LogP contribution in [0.4, 0.5) is 11.7 Å². The van der Waals surface area contributed by atoms with Crippen molar-refractivity contribution in [2.24, 2.45) is 5.92 Å². The molecule has 0 aliphatic rings. The third-order valence-corrected chi connectivity index (χ3v) is 3.72. The van der Waals surface area contributed by atoms with E-state index in [0.29, 0.717) is 17.6 Å². The lowest BCUT2D eigenvalue weighted by Crippen LogP contribution is -2.29. The predicted molar refractivity (Wildman–Crippen MR) is 80.4 cm³/mol. The van der Waals surface area contributed by atoms with Gasteiger partial charge in [-0.1, -0.05) is 32.8 Å². The van der Waals surface area contributed by atoms with E-state index < -0.39 is 0 Å². The van der Waals surface area contributed by atoms with Crippen LogP contribution in [0.1, 0.15) is 33.6 Å². The van der Waals surface area contributed by atoms with Crippen LogP contribution >= 0.6 is 0 Å². The summed E-state index contributed by atoms with van der Waals surface area (Å²) in [4.78, 5) is 6.73. The van der Waals surface area contributed by atoms with Gasteiger partial charge in [0.2, 0.25) is 0 Å². The molecule has 4 nitrogen and oxygen atoms in total. The van der Waals surface area contributed by atoms with Gasteiger partial charge in [0.15, 0.2) is 5.58 Å². The maximum absolute atomic E-state index is 5.92. The number of oxazole rings is 1. The van der Waals surface area contributed by atoms with Gasteiger partial charge >= 0.3 is 0 Å². The Kier molecular flexibility index (Phi) is 4.30. The van der Waals surface area contributed by atoms with Crippen LogP contribution in [0.5, 0.6) is 0 Å². The SMILES string of the molecule is CCC(CC)CN(CC)c1nc2c(N)cccc2o1. The Morgan fingerprint density at radius 1 is 1.26 bits per heavy atom. The minimum atomic E-state index is 0.672. The maximum atomic E-state index is 5.92. The molecule has 2 aromatic rings. The summed E-state index contributed by atoms with van der Waals surface area (Å²) >= 11 is 0. The van der Waals surface area contributed by atoms with Crippen molar-refractivity contribution in [3.8, 4) is 0 Å². The second-order valence-electron chi connectivity index (χ2n) is 4.91. The van der Waals surface area contributed by atoms with Crippen LogP contribution in [-0.4, -0.2) is 18.1 Å². The summed E-state index contributed by atoms with van der Waals surface area (Å²) in [6, 6.07) is 6.34. The van der Waals surface area contributed by atoms with Crippen LogP contribution in [0.15, 0.2) is 22.6 Å². The molecule has 0 amide bonds. The van der Waals surface area contributed by atoms with Gasteiger partial charge in [0, 0.05) is 13.1 Å². The predicted octanol–water partition coefficient (Wildman–Crippen LogP) is 3.67. The number of benzene rings is 1. The number of hydrogen-bond acceptors (Lipinski definition) is 4. The molecule has 0 aliphatic heterocycles. The van der Waals surface area contributed by atoms with Crippen molar-refractivity contribution in [3.63, 3.8) is 0 Å². The number of aromatic nitrogens is 1. The van der Waals surface area contributed by atoms with Crippen molar-refractivity contribution in [1.82, 2.24) is 4.98 Å². The standard InChI is InChI=1S/C15H23N3O/c1-4-11(5-2)10-18(6-3)15-17-14-12(16)8-7-9-13(14)19-15/h7-9,11H,4-6,10,16H2,1-3H3. The fourth-order valence-electron chi connectivity index (χ4n) is 2.29. The van der Waals surface area contributed by atoms with Crippen molar-refractivity contribution >= 4 is 22.8 Å². The fourth-order valence-corrected chi connectivity index (χ4v) is 2.29. The highest BCUT2D eigenvalue weighted by atomic mass is 16.4. The normalized spacial score (nSPS) is 11.4. The van der Waals surface area contributed by atoms with E-state index >= 15 is 0 Å². The number of nitrogen functional groups attached to an aromatic ring is 1. The van der Waals surface area contributed by atoms with Gasteiger partial charge in [-0.3, -0.25) is 0 Å². The van der Waals surface area contributed by atoms with E-state index in [0.717, 1.165) is 24.2 Å². The van der Waals surface area contributed by atoms with Crippen molar-refractivity contribution in [2.45, 2.75) is 33.6 Å². The molecule has 104 valence electrons. The Morgan fingerprint density at radius 3 is 2.58 bits per heavy atom. The summed E-state index contributed by atoms with van der Waals surface area (Å²) < 4.78 is 5.83. The third-order valence-electron chi connectivity index (χ3n) is 3.72.